The van der Waals surface area contributed by atoms with Crippen LogP contribution in [0.2, 0.25) is 0 Å². The molecule has 1 aliphatic rings. The number of fused-ring (bicyclic) bond motifs is 1. The summed E-state index contributed by atoms with van der Waals surface area (Å²) in [6.45, 7) is 5.14. The van der Waals surface area contributed by atoms with E-state index >= 15 is 0 Å². The number of aromatic nitrogens is 8. The summed E-state index contributed by atoms with van der Waals surface area (Å²) in [6, 6.07) is 13.7. The van der Waals surface area contributed by atoms with Crippen molar-refractivity contribution >= 4 is 28.8 Å². The molecule has 1 aromatic carbocycles. The summed E-state index contributed by atoms with van der Waals surface area (Å²) >= 11 is 0. The number of nitrogens with one attached hydrogen (secondary N) is 2. The molecule has 13 heteroatoms. The SMILES string of the molecule is N#Cc1cnn2c(Nc3ccn(CCN4CCOCC4)n3)cc(Nc3cccc(-n4cnnc4)c3)nc12. The lowest BCUT2D eigenvalue weighted by Crippen LogP contribution is -2.38. The second kappa shape index (κ2) is 10.1. The highest BCUT2D eigenvalue weighted by Gasteiger charge is 2.14. The van der Waals surface area contributed by atoms with Gasteiger partial charge in [0.15, 0.2) is 11.5 Å². The molecule has 0 saturated carbocycles. The highest BCUT2D eigenvalue weighted by molar-refractivity contribution is 5.69. The zero-order chi connectivity index (χ0) is 25.0. The molecule has 0 radical (unpaired) electrons. The summed E-state index contributed by atoms with van der Waals surface area (Å²) in [5.41, 5.74) is 2.54. The Kier molecular flexibility index (Phi) is 6.15. The molecular weight excluding hydrogens is 472 g/mol. The van der Waals surface area contributed by atoms with Gasteiger partial charge in [-0.05, 0) is 18.2 Å². The summed E-state index contributed by atoms with van der Waals surface area (Å²) in [4.78, 5) is 7.01. The molecule has 2 N–H and O–H groups in total. The Labute approximate surface area is 211 Å². The van der Waals surface area contributed by atoms with Crippen LogP contribution >= 0.6 is 0 Å². The maximum Gasteiger partial charge on any atom is 0.177 e. The molecule has 186 valence electrons. The average Bonchev–Trinajstić information content (AvgIpc) is 3.70. The molecule has 0 bridgehead atoms. The standard InChI is InChI=1S/C24H24N12O/c25-14-18-15-28-36-23(30-21-4-5-35(32-21)7-6-33-8-10-37-11-9-33)13-22(31-24(18)36)29-19-2-1-3-20(12-19)34-16-26-27-17-34/h1-5,12-13,15-17H,6-11H2,(H,29,31)(H,30,32). The average molecular weight is 497 g/mol. The first-order valence-corrected chi connectivity index (χ1v) is 11.9. The van der Waals surface area contributed by atoms with Crippen molar-refractivity contribution in [2.24, 2.45) is 0 Å². The zero-order valence-electron chi connectivity index (χ0n) is 19.9. The molecule has 5 aromatic rings. The Morgan fingerprint density at radius 2 is 1.86 bits per heavy atom. The van der Waals surface area contributed by atoms with Gasteiger partial charge in [0.25, 0.3) is 0 Å². The molecule has 0 amide bonds. The molecule has 37 heavy (non-hydrogen) atoms. The molecule has 1 saturated heterocycles. The predicted octanol–water partition coefficient (Wildman–Crippen LogP) is 2.20. The van der Waals surface area contributed by atoms with Gasteiger partial charge < -0.3 is 15.4 Å². The fourth-order valence-corrected chi connectivity index (χ4v) is 4.17. The van der Waals surface area contributed by atoms with E-state index in [2.05, 4.69) is 47.0 Å². The topological polar surface area (TPSA) is 139 Å². The first-order chi connectivity index (χ1) is 18.2. The highest BCUT2D eigenvalue weighted by Crippen LogP contribution is 2.25. The molecular formula is C24H24N12O. The third-order valence-corrected chi connectivity index (χ3v) is 6.07. The summed E-state index contributed by atoms with van der Waals surface area (Å²) in [5.74, 6) is 1.85. The van der Waals surface area contributed by atoms with Gasteiger partial charge in [0, 0.05) is 43.7 Å². The van der Waals surface area contributed by atoms with Crippen molar-refractivity contribution in [3.8, 4) is 11.8 Å². The largest absolute Gasteiger partial charge is 0.379 e. The molecule has 4 aromatic heterocycles. The van der Waals surface area contributed by atoms with Crippen LogP contribution in [-0.2, 0) is 11.3 Å². The third-order valence-electron chi connectivity index (χ3n) is 6.07. The number of nitrogens with zero attached hydrogens (tertiary/aromatic N) is 10. The number of anilines is 4. The van der Waals surface area contributed by atoms with E-state index in [-0.39, 0.29) is 0 Å². The van der Waals surface area contributed by atoms with Crippen molar-refractivity contribution in [1.82, 2.24) is 44.0 Å². The van der Waals surface area contributed by atoms with Crippen molar-refractivity contribution in [1.29, 1.82) is 5.26 Å². The Balaban J connectivity index is 1.24. The minimum atomic E-state index is 0.376. The molecule has 0 spiro atoms. The van der Waals surface area contributed by atoms with E-state index in [0.29, 0.717) is 28.7 Å². The van der Waals surface area contributed by atoms with E-state index in [9.17, 15) is 5.26 Å². The number of nitriles is 1. The van der Waals surface area contributed by atoms with Gasteiger partial charge in [0.1, 0.15) is 35.9 Å². The molecule has 5 heterocycles. The summed E-state index contributed by atoms with van der Waals surface area (Å²) in [6.07, 6.45) is 6.72. The van der Waals surface area contributed by atoms with Crippen LogP contribution in [0.3, 0.4) is 0 Å². The number of hydrogen-bond donors (Lipinski definition) is 2. The minimum Gasteiger partial charge on any atom is -0.379 e. The molecule has 6 rings (SSSR count). The summed E-state index contributed by atoms with van der Waals surface area (Å²) < 4.78 is 10.7. The van der Waals surface area contributed by atoms with E-state index in [1.54, 1.807) is 17.2 Å². The fourth-order valence-electron chi connectivity index (χ4n) is 4.17. The second-order valence-electron chi connectivity index (χ2n) is 8.52. The van der Waals surface area contributed by atoms with Gasteiger partial charge in [-0.3, -0.25) is 14.1 Å². The number of rotatable bonds is 8. The van der Waals surface area contributed by atoms with Crippen LogP contribution in [0, 0.1) is 11.3 Å². The Hall–Kier alpha value is -4.80. The lowest BCUT2D eigenvalue weighted by molar-refractivity contribution is 0.0360. The summed E-state index contributed by atoms with van der Waals surface area (Å²) in [5, 5.41) is 33.0. The van der Waals surface area contributed by atoms with Gasteiger partial charge in [-0.2, -0.15) is 20.0 Å². The number of hydrogen-bond acceptors (Lipinski definition) is 10. The maximum atomic E-state index is 9.57. The van der Waals surface area contributed by atoms with E-state index in [4.69, 9.17) is 4.74 Å². The van der Waals surface area contributed by atoms with E-state index in [1.165, 1.54) is 6.20 Å². The lowest BCUT2D eigenvalue weighted by atomic mass is 10.2. The van der Waals surface area contributed by atoms with E-state index in [0.717, 1.165) is 50.8 Å². The van der Waals surface area contributed by atoms with Gasteiger partial charge in [0.05, 0.1) is 31.6 Å². The minimum absolute atomic E-state index is 0.376. The molecule has 0 unspecified atom stereocenters. The van der Waals surface area contributed by atoms with Crippen LogP contribution in [0.1, 0.15) is 5.56 Å². The van der Waals surface area contributed by atoms with Gasteiger partial charge in [0.2, 0.25) is 0 Å². The fraction of sp³-hybridized carbons (Fsp3) is 0.250. The monoisotopic (exact) mass is 496 g/mol. The number of morpholine rings is 1. The maximum absolute atomic E-state index is 9.57. The van der Waals surface area contributed by atoms with Crippen LogP contribution in [-0.4, -0.2) is 76.9 Å². The van der Waals surface area contributed by atoms with Gasteiger partial charge in [-0.1, -0.05) is 6.07 Å². The van der Waals surface area contributed by atoms with Crippen molar-refractivity contribution < 1.29 is 4.74 Å². The highest BCUT2D eigenvalue weighted by atomic mass is 16.5. The molecule has 1 aliphatic heterocycles. The number of ether oxygens (including phenoxy) is 1. The Morgan fingerprint density at radius 1 is 1.00 bits per heavy atom. The predicted molar refractivity (Wildman–Crippen MR) is 135 cm³/mol. The van der Waals surface area contributed by atoms with Crippen LogP contribution < -0.4 is 10.6 Å². The third kappa shape index (κ3) is 4.96. The smallest absolute Gasteiger partial charge is 0.177 e. The van der Waals surface area contributed by atoms with Crippen molar-refractivity contribution in [3.63, 3.8) is 0 Å². The van der Waals surface area contributed by atoms with Gasteiger partial charge in [-0.25, -0.2) is 4.98 Å². The van der Waals surface area contributed by atoms with Crippen molar-refractivity contribution in [2.45, 2.75) is 6.54 Å². The van der Waals surface area contributed by atoms with E-state index < -0.39 is 0 Å². The van der Waals surface area contributed by atoms with Crippen LogP contribution in [0.5, 0.6) is 0 Å². The summed E-state index contributed by atoms with van der Waals surface area (Å²) in [7, 11) is 0. The molecule has 0 aliphatic carbocycles. The van der Waals surface area contributed by atoms with E-state index in [1.807, 2.05) is 51.8 Å². The van der Waals surface area contributed by atoms with Crippen LogP contribution in [0.15, 0.2) is 61.4 Å². The van der Waals surface area contributed by atoms with Crippen molar-refractivity contribution in [3.05, 3.63) is 67.0 Å². The van der Waals surface area contributed by atoms with Crippen LogP contribution in [0.25, 0.3) is 11.3 Å². The molecule has 1 fully saturated rings. The molecule has 13 nitrogen and oxygen atoms in total. The normalized spacial score (nSPS) is 14.0. The lowest BCUT2D eigenvalue weighted by Gasteiger charge is -2.26. The van der Waals surface area contributed by atoms with Gasteiger partial charge >= 0.3 is 0 Å². The zero-order valence-corrected chi connectivity index (χ0v) is 19.9. The Morgan fingerprint density at radius 3 is 2.70 bits per heavy atom. The van der Waals surface area contributed by atoms with Crippen LogP contribution in [0.4, 0.5) is 23.1 Å². The second-order valence-corrected chi connectivity index (χ2v) is 8.52. The quantitative estimate of drug-likeness (QED) is 0.329. The Bertz CT molecular complexity index is 1540. The van der Waals surface area contributed by atoms with Gasteiger partial charge in [-0.15, -0.1) is 10.2 Å². The first-order valence-electron chi connectivity index (χ1n) is 11.9. The molecule has 0 atom stereocenters. The van der Waals surface area contributed by atoms with Crippen molar-refractivity contribution in [2.75, 3.05) is 43.5 Å². The first kappa shape index (κ1) is 22.7. The number of benzene rings is 1.